The molecule has 8 nitrogen and oxygen atoms in total. The van der Waals surface area contributed by atoms with Crippen molar-refractivity contribution >= 4 is 28.2 Å². The van der Waals surface area contributed by atoms with Crippen LogP contribution in [0.5, 0.6) is 5.75 Å². The minimum Gasteiger partial charge on any atom is -0.494 e. The van der Waals surface area contributed by atoms with Crippen molar-refractivity contribution in [3.05, 3.63) is 53.4 Å². The fourth-order valence-electron chi connectivity index (χ4n) is 2.56. The van der Waals surface area contributed by atoms with E-state index in [0.29, 0.717) is 17.5 Å². The summed E-state index contributed by atoms with van der Waals surface area (Å²) in [7, 11) is 0. The molecule has 4 aromatic rings. The number of fused-ring (bicyclic) bond motifs is 1. The van der Waals surface area contributed by atoms with Crippen LogP contribution < -0.4 is 10.1 Å². The monoisotopic (exact) mass is 394 g/mol. The van der Waals surface area contributed by atoms with Gasteiger partial charge in [0.25, 0.3) is 11.7 Å². The molecule has 9 heteroatoms. The molecule has 0 aliphatic rings. The Morgan fingerprint density at radius 1 is 1.21 bits per heavy atom. The second kappa shape index (κ2) is 7.73. The molecule has 0 saturated heterocycles. The molecular formula is C19H18N6O2S. The molecule has 0 atom stereocenters. The summed E-state index contributed by atoms with van der Waals surface area (Å²) in [4.78, 5) is 25.2. The summed E-state index contributed by atoms with van der Waals surface area (Å²) in [6.07, 6.45) is 2.60. The molecule has 28 heavy (non-hydrogen) atoms. The fourth-order valence-corrected chi connectivity index (χ4v) is 3.28. The van der Waals surface area contributed by atoms with Crippen LogP contribution in [0.2, 0.25) is 0 Å². The summed E-state index contributed by atoms with van der Waals surface area (Å²) in [5, 5.41) is 9.32. The number of thiazole rings is 1. The van der Waals surface area contributed by atoms with Crippen LogP contribution in [0.15, 0.2) is 41.9 Å². The Kier molecular flexibility index (Phi) is 4.98. The maximum atomic E-state index is 12.5. The summed E-state index contributed by atoms with van der Waals surface area (Å²) in [5.41, 5.74) is 2.58. The van der Waals surface area contributed by atoms with Crippen LogP contribution >= 0.6 is 11.3 Å². The number of ether oxygens (including phenoxy) is 1. The predicted molar refractivity (Wildman–Crippen MR) is 107 cm³/mol. The van der Waals surface area contributed by atoms with E-state index in [0.717, 1.165) is 29.1 Å². The van der Waals surface area contributed by atoms with Gasteiger partial charge in [0.1, 0.15) is 5.75 Å². The third kappa shape index (κ3) is 3.70. The van der Waals surface area contributed by atoms with Crippen molar-refractivity contribution < 1.29 is 9.53 Å². The van der Waals surface area contributed by atoms with Crippen molar-refractivity contribution in [2.45, 2.75) is 20.3 Å². The highest BCUT2D eigenvalue weighted by Gasteiger charge is 2.16. The average molecular weight is 394 g/mol. The number of aromatic nitrogens is 5. The first kappa shape index (κ1) is 18.1. The Hall–Kier alpha value is -3.33. The maximum Gasteiger partial charge on any atom is 0.297 e. The van der Waals surface area contributed by atoms with Gasteiger partial charge in [-0.1, -0.05) is 6.92 Å². The average Bonchev–Trinajstić information content (AvgIpc) is 3.35. The second-order valence-corrected chi connectivity index (χ2v) is 6.96. The number of nitrogens with one attached hydrogen (secondary N) is 1. The molecule has 3 aromatic heterocycles. The lowest BCUT2D eigenvalue weighted by atomic mass is 10.2. The van der Waals surface area contributed by atoms with Crippen LogP contribution in [0.4, 0.5) is 5.13 Å². The highest BCUT2D eigenvalue weighted by atomic mass is 32.1. The zero-order chi connectivity index (χ0) is 19.5. The van der Waals surface area contributed by atoms with Gasteiger partial charge in [-0.05, 0) is 43.7 Å². The Bertz CT molecular complexity index is 1120. The summed E-state index contributed by atoms with van der Waals surface area (Å²) in [5.74, 6) is 0.844. The molecule has 1 aromatic carbocycles. The van der Waals surface area contributed by atoms with Gasteiger partial charge < -0.3 is 4.74 Å². The van der Waals surface area contributed by atoms with Gasteiger partial charge in [-0.3, -0.25) is 10.1 Å². The predicted octanol–water partition coefficient (Wildman–Crippen LogP) is 3.60. The zero-order valence-electron chi connectivity index (χ0n) is 15.4. The number of nitrogens with zero attached hydrogens (tertiary/aromatic N) is 5. The Morgan fingerprint density at radius 3 is 2.79 bits per heavy atom. The fraction of sp³-hybridized carbons (Fsp3) is 0.211. The highest BCUT2D eigenvalue weighted by Crippen LogP contribution is 2.26. The smallest absolute Gasteiger partial charge is 0.297 e. The molecule has 0 saturated carbocycles. The van der Waals surface area contributed by atoms with E-state index in [1.807, 2.05) is 36.6 Å². The van der Waals surface area contributed by atoms with E-state index < -0.39 is 5.91 Å². The highest BCUT2D eigenvalue weighted by molar-refractivity contribution is 7.14. The first-order valence-corrected chi connectivity index (χ1v) is 9.70. The molecule has 0 spiro atoms. The molecule has 0 aliphatic heterocycles. The van der Waals surface area contributed by atoms with Crippen molar-refractivity contribution in [3.8, 4) is 17.0 Å². The minimum absolute atomic E-state index is 0.0518. The first-order chi connectivity index (χ1) is 13.6. The van der Waals surface area contributed by atoms with Crippen LogP contribution in [0, 0.1) is 6.92 Å². The second-order valence-electron chi connectivity index (χ2n) is 6.10. The van der Waals surface area contributed by atoms with E-state index in [2.05, 4.69) is 32.3 Å². The SMILES string of the molecule is CCCOc1ccc(-c2csc(NC(=O)c3nc4nccc(C)n4n3)n2)cc1. The van der Waals surface area contributed by atoms with Gasteiger partial charge in [0, 0.05) is 22.8 Å². The van der Waals surface area contributed by atoms with Gasteiger partial charge >= 0.3 is 0 Å². The minimum atomic E-state index is -0.422. The van der Waals surface area contributed by atoms with Gasteiger partial charge in [-0.15, -0.1) is 16.4 Å². The quantitative estimate of drug-likeness (QED) is 0.537. The van der Waals surface area contributed by atoms with E-state index in [1.165, 1.54) is 15.9 Å². The standard InChI is InChI=1S/C19H18N6O2S/c1-3-10-27-14-6-4-13(5-7-14)15-11-28-19(21-15)23-17(26)16-22-18-20-9-8-12(2)25(18)24-16/h4-9,11H,3,10H2,1-2H3,(H,21,23,26). The third-order valence-electron chi connectivity index (χ3n) is 3.98. The molecule has 3 heterocycles. The Labute approximate surface area is 165 Å². The molecule has 1 N–H and O–H groups in total. The lowest BCUT2D eigenvalue weighted by Gasteiger charge is -2.04. The number of amides is 1. The van der Waals surface area contributed by atoms with Crippen LogP contribution in [0.25, 0.3) is 17.0 Å². The molecule has 0 radical (unpaired) electrons. The van der Waals surface area contributed by atoms with Crippen molar-refractivity contribution in [1.82, 2.24) is 24.6 Å². The Balaban J connectivity index is 1.48. The van der Waals surface area contributed by atoms with Gasteiger partial charge in [0.05, 0.1) is 12.3 Å². The van der Waals surface area contributed by atoms with Crippen molar-refractivity contribution in [2.75, 3.05) is 11.9 Å². The lowest BCUT2D eigenvalue weighted by molar-refractivity contribution is 0.101. The van der Waals surface area contributed by atoms with E-state index in [1.54, 1.807) is 12.3 Å². The van der Waals surface area contributed by atoms with Crippen molar-refractivity contribution in [3.63, 3.8) is 0 Å². The molecule has 0 bridgehead atoms. The van der Waals surface area contributed by atoms with E-state index >= 15 is 0 Å². The largest absolute Gasteiger partial charge is 0.494 e. The molecule has 0 unspecified atom stereocenters. The molecule has 142 valence electrons. The summed E-state index contributed by atoms with van der Waals surface area (Å²) >= 11 is 1.34. The van der Waals surface area contributed by atoms with Gasteiger partial charge in [0.2, 0.25) is 5.82 Å². The summed E-state index contributed by atoms with van der Waals surface area (Å²) in [6.45, 7) is 4.63. The van der Waals surface area contributed by atoms with Crippen molar-refractivity contribution in [1.29, 1.82) is 0 Å². The normalized spacial score (nSPS) is 10.9. The lowest BCUT2D eigenvalue weighted by Crippen LogP contribution is -2.13. The number of anilines is 1. The zero-order valence-corrected chi connectivity index (χ0v) is 16.2. The maximum absolute atomic E-state index is 12.5. The van der Waals surface area contributed by atoms with Crippen LogP contribution in [-0.4, -0.2) is 37.1 Å². The topological polar surface area (TPSA) is 94.3 Å². The van der Waals surface area contributed by atoms with Gasteiger partial charge in [-0.2, -0.15) is 4.98 Å². The van der Waals surface area contributed by atoms with E-state index in [4.69, 9.17) is 4.74 Å². The van der Waals surface area contributed by atoms with Crippen LogP contribution in [0.1, 0.15) is 29.7 Å². The molecule has 4 rings (SSSR count). The number of benzene rings is 1. The number of hydrogen-bond donors (Lipinski definition) is 1. The van der Waals surface area contributed by atoms with E-state index in [-0.39, 0.29) is 5.82 Å². The molecule has 1 amide bonds. The summed E-state index contributed by atoms with van der Waals surface area (Å²) in [6, 6.07) is 9.53. The van der Waals surface area contributed by atoms with E-state index in [9.17, 15) is 4.79 Å². The van der Waals surface area contributed by atoms with Crippen LogP contribution in [-0.2, 0) is 0 Å². The Morgan fingerprint density at radius 2 is 2.04 bits per heavy atom. The molecular weight excluding hydrogens is 376 g/mol. The van der Waals surface area contributed by atoms with Gasteiger partial charge in [-0.25, -0.2) is 14.5 Å². The number of carbonyl (C=O) groups is 1. The number of carbonyl (C=O) groups excluding carboxylic acids is 1. The number of aryl methyl sites for hydroxylation is 1. The van der Waals surface area contributed by atoms with Gasteiger partial charge in [0.15, 0.2) is 5.13 Å². The number of hydrogen-bond acceptors (Lipinski definition) is 7. The molecule has 0 fully saturated rings. The molecule has 0 aliphatic carbocycles. The van der Waals surface area contributed by atoms with Crippen LogP contribution in [0.3, 0.4) is 0 Å². The number of rotatable bonds is 6. The third-order valence-corrected chi connectivity index (χ3v) is 4.74. The summed E-state index contributed by atoms with van der Waals surface area (Å²) < 4.78 is 7.12. The first-order valence-electron chi connectivity index (χ1n) is 8.82. The van der Waals surface area contributed by atoms with Crippen molar-refractivity contribution in [2.24, 2.45) is 0 Å².